The molecule has 1 aromatic carbocycles. The molecule has 1 aromatic rings. The maximum Gasteiger partial charge on any atom is 0.251 e. The van der Waals surface area contributed by atoms with Crippen LogP contribution < -0.4 is 16.0 Å². The van der Waals surface area contributed by atoms with Crippen molar-refractivity contribution >= 4 is 17.7 Å². The number of rotatable bonds is 8. The molecule has 3 aliphatic rings. The monoisotopic (exact) mass is 508 g/mol. The van der Waals surface area contributed by atoms with Gasteiger partial charge in [-0.3, -0.25) is 14.4 Å². The van der Waals surface area contributed by atoms with Gasteiger partial charge in [0.1, 0.15) is 6.17 Å². The summed E-state index contributed by atoms with van der Waals surface area (Å²) in [5, 5.41) is 8.79. The minimum Gasteiger partial charge on any atom is -0.384 e. The molecule has 3 amide bonds. The Hall–Kier alpha value is -3.40. The molecule has 0 spiro atoms. The average Bonchev–Trinajstić information content (AvgIpc) is 3.54. The average molecular weight is 509 g/mol. The molecule has 2 heterocycles. The van der Waals surface area contributed by atoms with Gasteiger partial charge >= 0.3 is 0 Å². The molecule has 1 saturated carbocycles. The number of hydrogen-bond donors (Lipinski definition) is 3. The first-order valence-electron chi connectivity index (χ1n) is 12.8. The van der Waals surface area contributed by atoms with Gasteiger partial charge in [-0.2, -0.15) is 0 Å². The molecule has 4 rings (SSSR count). The van der Waals surface area contributed by atoms with Crippen LogP contribution >= 0.6 is 0 Å². The fraction of sp³-hybridized carbons (Fsp3) is 0.536. The van der Waals surface area contributed by atoms with Crippen LogP contribution in [0.2, 0.25) is 0 Å². The fourth-order valence-corrected chi connectivity index (χ4v) is 4.62. The molecule has 9 heteroatoms. The smallest absolute Gasteiger partial charge is 0.251 e. The molecule has 4 atom stereocenters. The Morgan fingerprint density at radius 1 is 1.16 bits per heavy atom. The summed E-state index contributed by atoms with van der Waals surface area (Å²) < 4.78 is 18.4. The predicted octanol–water partition coefficient (Wildman–Crippen LogP) is 1.00. The molecular weight excluding hydrogens is 475 g/mol. The molecule has 0 aromatic heterocycles. The van der Waals surface area contributed by atoms with Crippen molar-refractivity contribution in [1.82, 2.24) is 20.9 Å². The number of amides is 3. The number of alkyl halides is 1. The molecule has 3 N–H and O–H groups in total. The van der Waals surface area contributed by atoms with Gasteiger partial charge in [-0.05, 0) is 55.4 Å². The van der Waals surface area contributed by atoms with Gasteiger partial charge in [-0.25, -0.2) is 4.39 Å². The van der Waals surface area contributed by atoms with Gasteiger partial charge in [-0.1, -0.05) is 11.8 Å². The lowest BCUT2D eigenvalue weighted by Crippen LogP contribution is -2.46. The molecule has 0 radical (unpaired) electrons. The highest BCUT2D eigenvalue weighted by Crippen LogP contribution is 2.33. The van der Waals surface area contributed by atoms with Crippen molar-refractivity contribution in [3.63, 3.8) is 0 Å². The number of benzene rings is 1. The minimum absolute atomic E-state index is 0.0368. The summed E-state index contributed by atoms with van der Waals surface area (Å²) >= 11 is 0. The largest absolute Gasteiger partial charge is 0.384 e. The Morgan fingerprint density at radius 2 is 1.95 bits per heavy atom. The number of likely N-dealkylation sites (tertiary alicyclic amines) is 1. The first kappa shape index (κ1) is 26.7. The van der Waals surface area contributed by atoms with Crippen LogP contribution in [0.5, 0.6) is 0 Å². The molecule has 0 bridgehead atoms. The van der Waals surface area contributed by atoms with Crippen LogP contribution in [0.4, 0.5) is 4.39 Å². The lowest BCUT2D eigenvalue weighted by Gasteiger charge is -2.25. The summed E-state index contributed by atoms with van der Waals surface area (Å²) in [6.07, 6.45) is 2.06. The summed E-state index contributed by atoms with van der Waals surface area (Å²) in [5.74, 6) is 11.0. The second-order valence-electron chi connectivity index (χ2n) is 9.74. The van der Waals surface area contributed by atoms with Crippen LogP contribution in [0.1, 0.15) is 48.0 Å². The Balaban J connectivity index is 1.30. The topological polar surface area (TPSA) is 99.8 Å². The van der Waals surface area contributed by atoms with E-state index in [2.05, 4.69) is 39.6 Å². The highest BCUT2D eigenvalue weighted by Gasteiger charge is 2.42. The van der Waals surface area contributed by atoms with Crippen LogP contribution in [0.3, 0.4) is 0 Å². The first-order chi connectivity index (χ1) is 17.9. The van der Waals surface area contributed by atoms with E-state index in [1.54, 1.807) is 36.3 Å². The second-order valence-corrected chi connectivity index (χ2v) is 9.74. The number of halogens is 1. The third-order valence-electron chi connectivity index (χ3n) is 6.80. The van der Waals surface area contributed by atoms with Crippen LogP contribution in [0.25, 0.3) is 0 Å². The van der Waals surface area contributed by atoms with E-state index in [9.17, 15) is 18.8 Å². The van der Waals surface area contributed by atoms with E-state index >= 15 is 0 Å². The number of ether oxygens (including phenoxy) is 1. The zero-order chi connectivity index (χ0) is 26.2. The van der Waals surface area contributed by atoms with E-state index in [0.29, 0.717) is 31.6 Å². The van der Waals surface area contributed by atoms with Gasteiger partial charge in [0.05, 0.1) is 18.7 Å². The summed E-state index contributed by atoms with van der Waals surface area (Å²) in [6.45, 7) is 1.44. The van der Waals surface area contributed by atoms with E-state index in [4.69, 9.17) is 4.74 Å². The van der Waals surface area contributed by atoms with Crippen molar-refractivity contribution < 1.29 is 23.5 Å². The second kappa shape index (κ2) is 12.7. The summed E-state index contributed by atoms with van der Waals surface area (Å²) in [5.41, 5.74) is 1.25. The molecule has 196 valence electrons. The van der Waals surface area contributed by atoms with Gasteiger partial charge in [0.25, 0.3) is 5.91 Å². The van der Waals surface area contributed by atoms with Crippen LogP contribution in [-0.2, 0) is 14.3 Å². The summed E-state index contributed by atoms with van der Waals surface area (Å²) in [7, 11) is 1.62. The number of nitrogens with one attached hydrogen (secondary N) is 3. The van der Waals surface area contributed by atoms with Crippen molar-refractivity contribution in [1.29, 1.82) is 0 Å². The van der Waals surface area contributed by atoms with Gasteiger partial charge < -0.3 is 25.6 Å². The van der Waals surface area contributed by atoms with Crippen molar-refractivity contribution in [2.24, 2.45) is 5.92 Å². The number of hydrogen-bond acceptors (Lipinski definition) is 5. The Bertz CT molecular complexity index is 1110. The maximum absolute atomic E-state index is 13.5. The molecule has 37 heavy (non-hydrogen) atoms. The highest BCUT2D eigenvalue weighted by molar-refractivity contribution is 5.94. The zero-order valence-corrected chi connectivity index (χ0v) is 21.0. The quantitative estimate of drug-likeness (QED) is 0.360. The standard InChI is InChI=1S/C28H33FN4O4/c1-37-13-5-3-2-4-6-19-7-9-20(10-8-19)26(34)31-17-24-15-23(18-33(24)28(36)21-11-12-21)32-27(35)25-14-22(29)16-30-25/h7-10,21-25,30H,5,11-18H2,1H3,(H,31,34)(H,32,35)/t22-,23+,24+,25-/m0/s1. The number of methoxy groups -OCH3 is 1. The number of nitrogens with zero attached hydrogens (tertiary/aromatic N) is 1. The first-order valence-corrected chi connectivity index (χ1v) is 12.8. The third kappa shape index (κ3) is 7.55. The molecule has 2 aliphatic heterocycles. The lowest BCUT2D eigenvalue weighted by atomic mass is 10.1. The number of carbonyl (C=O) groups is 3. The normalized spacial score (nSPS) is 24.4. The van der Waals surface area contributed by atoms with Crippen LogP contribution in [-0.4, -0.2) is 80.3 Å². The molecule has 2 saturated heterocycles. The van der Waals surface area contributed by atoms with Crippen LogP contribution in [0, 0.1) is 29.6 Å². The van der Waals surface area contributed by atoms with E-state index in [0.717, 1.165) is 18.4 Å². The maximum atomic E-state index is 13.5. The molecule has 3 fully saturated rings. The highest BCUT2D eigenvalue weighted by atomic mass is 19.1. The van der Waals surface area contributed by atoms with Crippen LogP contribution in [0.15, 0.2) is 24.3 Å². The van der Waals surface area contributed by atoms with Gasteiger partial charge in [-0.15, -0.1) is 0 Å². The van der Waals surface area contributed by atoms with Crippen molar-refractivity contribution in [2.45, 2.75) is 56.4 Å². The molecular formula is C28H33FN4O4. The molecule has 8 nitrogen and oxygen atoms in total. The van der Waals surface area contributed by atoms with Gasteiger partial charge in [0, 0.05) is 62.7 Å². The Morgan fingerprint density at radius 3 is 2.62 bits per heavy atom. The zero-order valence-electron chi connectivity index (χ0n) is 21.0. The van der Waals surface area contributed by atoms with Crippen molar-refractivity contribution in [2.75, 3.05) is 33.4 Å². The molecule has 1 aliphatic carbocycles. The van der Waals surface area contributed by atoms with E-state index in [1.165, 1.54) is 0 Å². The fourth-order valence-electron chi connectivity index (χ4n) is 4.62. The third-order valence-corrected chi connectivity index (χ3v) is 6.80. The summed E-state index contributed by atoms with van der Waals surface area (Å²) in [4.78, 5) is 40.0. The van der Waals surface area contributed by atoms with Crippen molar-refractivity contribution in [3.8, 4) is 23.7 Å². The molecule has 0 unspecified atom stereocenters. The van der Waals surface area contributed by atoms with E-state index in [1.807, 2.05) is 0 Å². The number of carbonyl (C=O) groups excluding carboxylic acids is 3. The Labute approximate surface area is 217 Å². The Kier molecular flexibility index (Phi) is 9.16. The lowest BCUT2D eigenvalue weighted by molar-refractivity contribution is -0.133. The van der Waals surface area contributed by atoms with Gasteiger partial charge in [0.15, 0.2) is 0 Å². The minimum atomic E-state index is -1.02. The SMILES string of the molecule is COCCC#CC#Cc1ccc(C(=O)NC[C@H]2C[C@@H](NC(=O)[C@@H]3C[C@H](F)CN3)CN2C(=O)C2CC2)cc1. The van der Waals surface area contributed by atoms with Crippen molar-refractivity contribution in [3.05, 3.63) is 35.4 Å². The summed E-state index contributed by atoms with van der Waals surface area (Å²) in [6, 6.07) is 5.95. The van der Waals surface area contributed by atoms with E-state index in [-0.39, 0.29) is 55.2 Å². The predicted molar refractivity (Wildman–Crippen MR) is 136 cm³/mol. The van der Waals surface area contributed by atoms with Gasteiger partial charge in [0.2, 0.25) is 11.8 Å². The van der Waals surface area contributed by atoms with E-state index < -0.39 is 12.2 Å².